The molecular weight excluding hydrogens is 260 g/mol. The number of carbonyl (C=O) groups excluding carboxylic acids is 1. The summed E-state index contributed by atoms with van der Waals surface area (Å²) in [6, 6.07) is 16.2. The smallest absolute Gasteiger partial charge is 0.228 e. The minimum atomic E-state index is -0.176. The van der Waals surface area contributed by atoms with Crippen LogP contribution in [0.1, 0.15) is 11.1 Å². The molecule has 0 aliphatic heterocycles. The number of rotatable bonds is 3. The summed E-state index contributed by atoms with van der Waals surface area (Å²) < 4.78 is 0. The van der Waals surface area contributed by atoms with E-state index in [1.54, 1.807) is 18.2 Å². The Kier molecular flexibility index (Phi) is 4.17. The average Bonchev–Trinajstić information content (AvgIpc) is 2.40. The zero-order valence-corrected chi connectivity index (χ0v) is 10.8. The molecule has 0 saturated carbocycles. The zero-order chi connectivity index (χ0) is 13.7. The number of carbonyl (C=O) groups is 1. The van der Waals surface area contributed by atoms with Crippen LogP contribution in [0.25, 0.3) is 0 Å². The number of nitriles is 1. The van der Waals surface area contributed by atoms with Gasteiger partial charge >= 0.3 is 0 Å². The topological polar surface area (TPSA) is 52.9 Å². The summed E-state index contributed by atoms with van der Waals surface area (Å²) >= 11 is 5.86. The maximum atomic E-state index is 11.9. The number of anilines is 1. The van der Waals surface area contributed by atoms with Crippen LogP contribution in [0.3, 0.4) is 0 Å². The lowest BCUT2D eigenvalue weighted by Gasteiger charge is -2.07. The molecule has 0 saturated heterocycles. The molecule has 0 spiro atoms. The van der Waals surface area contributed by atoms with E-state index in [-0.39, 0.29) is 12.3 Å². The van der Waals surface area contributed by atoms with Crippen molar-refractivity contribution in [3.8, 4) is 6.07 Å². The molecule has 0 heterocycles. The van der Waals surface area contributed by atoms with Gasteiger partial charge in [0.05, 0.1) is 17.7 Å². The van der Waals surface area contributed by atoms with E-state index in [0.717, 1.165) is 5.56 Å². The number of benzene rings is 2. The van der Waals surface area contributed by atoms with Crippen LogP contribution in [-0.4, -0.2) is 5.91 Å². The molecule has 94 valence electrons. The molecule has 0 atom stereocenters. The van der Waals surface area contributed by atoms with Gasteiger partial charge in [0, 0.05) is 5.02 Å². The van der Waals surface area contributed by atoms with Gasteiger partial charge in [0.25, 0.3) is 0 Å². The predicted molar refractivity (Wildman–Crippen MR) is 74.9 cm³/mol. The van der Waals surface area contributed by atoms with Crippen molar-refractivity contribution >= 4 is 23.2 Å². The van der Waals surface area contributed by atoms with Crippen LogP contribution in [0.2, 0.25) is 5.02 Å². The molecule has 0 aliphatic rings. The van der Waals surface area contributed by atoms with Crippen LogP contribution < -0.4 is 5.32 Å². The van der Waals surface area contributed by atoms with Crippen LogP contribution in [0, 0.1) is 11.3 Å². The Balaban J connectivity index is 2.11. The molecule has 1 amide bonds. The van der Waals surface area contributed by atoms with Crippen molar-refractivity contribution in [3.05, 3.63) is 64.7 Å². The summed E-state index contributed by atoms with van der Waals surface area (Å²) in [6.45, 7) is 0. The molecule has 0 radical (unpaired) electrons. The number of hydrogen-bond donors (Lipinski definition) is 1. The third-order valence-corrected chi connectivity index (χ3v) is 2.82. The first-order valence-electron chi connectivity index (χ1n) is 5.72. The predicted octanol–water partition coefficient (Wildman–Crippen LogP) is 3.39. The lowest BCUT2D eigenvalue weighted by molar-refractivity contribution is -0.115. The van der Waals surface area contributed by atoms with Crippen LogP contribution in [0.4, 0.5) is 5.69 Å². The lowest BCUT2D eigenvalue weighted by Crippen LogP contribution is -2.15. The Hall–Kier alpha value is -2.31. The third kappa shape index (κ3) is 3.57. The van der Waals surface area contributed by atoms with Gasteiger partial charge < -0.3 is 5.32 Å². The summed E-state index contributed by atoms with van der Waals surface area (Å²) in [5, 5.41) is 12.2. The van der Waals surface area contributed by atoms with Crippen LogP contribution in [-0.2, 0) is 11.2 Å². The summed E-state index contributed by atoms with van der Waals surface area (Å²) in [6.07, 6.45) is 0.262. The average molecular weight is 271 g/mol. The number of halogens is 1. The zero-order valence-electron chi connectivity index (χ0n) is 10.1. The first-order chi connectivity index (χ1) is 9.19. The molecule has 2 rings (SSSR count). The van der Waals surface area contributed by atoms with Crippen molar-refractivity contribution in [3.63, 3.8) is 0 Å². The van der Waals surface area contributed by atoms with Gasteiger partial charge in [-0.2, -0.15) is 5.26 Å². The maximum Gasteiger partial charge on any atom is 0.228 e. The van der Waals surface area contributed by atoms with E-state index in [0.29, 0.717) is 16.3 Å². The molecule has 2 aromatic carbocycles. The highest BCUT2D eigenvalue weighted by Gasteiger charge is 2.08. The molecule has 0 unspecified atom stereocenters. The highest BCUT2D eigenvalue weighted by atomic mass is 35.5. The van der Waals surface area contributed by atoms with Gasteiger partial charge in [0.15, 0.2) is 0 Å². The van der Waals surface area contributed by atoms with Gasteiger partial charge in [0.2, 0.25) is 5.91 Å². The molecular formula is C15H11ClN2O. The highest BCUT2D eigenvalue weighted by molar-refractivity contribution is 6.31. The van der Waals surface area contributed by atoms with Crippen molar-refractivity contribution in [2.75, 3.05) is 5.32 Å². The van der Waals surface area contributed by atoms with Crippen molar-refractivity contribution in [1.29, 1.82) is 5.26 Å². The van der Waals surface area contributed by atoms with E-state index < -0.39 is 0 Å². The van der Waals surface area contributed by atoms with Crippen LogP contribution in [0.15, 0.2) is 48.5 Å². The summed E-state index contributed by atoms with van der Waals surface area (Å²) in [7, 11) is 0. The molecule has 1 N–H and O–H groups in total. The Morgan fingerprint density at radius 2 is 1.95 bits per heavy atom. The first-order valence-corrected chi connectivity index (χ1v) is 6.10. The fourth-order valence-corrected chi connectivity index (χ4v) is 1.87. The highest BCUT2D eigenvalue weighted by Crippen LogP contribution is 2.20. The number of amides is 1. The van der Waals surface area contributed by atoms with E-state index in [1.807, 2.05) is 36.4 Å². The van der Waals surface area contributed by atoms with E-state index in [4.69, 9.17) is 16.9 Å². The van der Waals surface area contributed by atoms with Gasteiger partial charge in [-0.15, -0.1) is 0 Å². The molecule has 0 fully saturated rings. The number of hydrogen-bond acceptors (Lipinski definition) is 2. The Morgan fingerprint density at radius 3 is 2.63 bits per heavy atom. The molecule has 4 heteroatoms. The van der Waals surface area contributed by atoms with Gasteiger partial charge in [-0.25, -0.2) is 0 Å². The number of nitrogens with zero attached hydrogens (tertiary/aromatic N) is 1. The molecule has 0 bridgehead atoms. The molecule has 0 aromatic heterocycles. The van der Waals surface area contributed by atoms with E-state index >= 15 is 0 Å². The first kappa shape index (κ1) is 13.1. The van der Waals surface area contributed by atoms with Crippen LogP contribution >= 0.6 is 11.6 Å². The Bertz CT molecular complexity index is 632. The monoisotopic (exact) mass is 270 g/mol. The quantitative estimate of drug-likeness (QED) is 0.929. The van der Waals surface area contributed by atoms with Crippen LogP contribution in [0.5, 0.6) is 0 Å². The van der Waals surface area contributed by atoms with Crippen molar-refractivity contribution in [2.45, 2.75) is 6.42 Å². The maximum absolute atomic E-state index is 11.9. The second-order valence-electron chi connectivity index (χ2n) is 4.01. The van der Waals surface area contributed by atoms with Gasteiger partial charge in [-0.05, 0) is 23.8 Å². The molecule has 3 nitrogen and oxygen atoms in total. The lowest BCUT2D eigenvalue weighted by atomic mass is 10.1. The van der Waals surface area contributed by atoms with E-state index in [2.05, 4.69) is 5.32 Å². The number of nitrogens with one attached hydrogen (secondary N) is 1. The SMILES string of the molecule is N#Cc1ccc(Cl)cc1NC(=O)Cc1ccccc1. The summed E-state index contributed by atoms with van der Waals surface area (Å²) in [5.41, 5.74) is 1.75. The minimum absolute atomic E-state index is 0.176. The minimum Gasteiger partial charge on any atom is -0.325 e. The second kappa shape index (κ2) is 6.03. The van der Waals surface area contributed by atoms with Gasteiger partial charge in [-0.3, -0.25) is 4.79 Å². The van der Waals surface area contributed by atoms with E-state index in [9.17, 15) is 4.79 Å². The second-order valence-corrected chi connectivity index (χ2v) is 4.45. The fraction of sp³-hybridized carbons (Fsp3) is 0.0667. The molecule has 0 aliphatic carbocycles. The van der Waals surface area contributed by atoms with Gasteiger partial charge in [0.1, 0.15) is 6.07 Å². The summed E-state index contributed by atoms with van der Waals surface area (Å²) in [5.74, 6) is -0.176. The third-order valence-electron chi connectivity index (χ3n) is 2.58. The summed E-state index contributed by atoms with van der Waals surface area (Å²) in [4.78, 5) is 11.9. The van der Waals surface area contributed by atoms with Gasteiger partial charge in [-0.1, -0.05) is 41.9 Å². The standard InChI is InChI=1S/C15H11ClN2O/c16-13-7-6-12(10-17)14(9-13)18-15(19)8-11-4-2-1-3-5-11/h1-7,9H,8H2,(H,18,19). The van der Waals surface area contributed by atoms with Crippen molar-refractivity contribution < 1.29 is 4.79 Å². The Morgan fingerprint density at radius 1 is 1.21 bits per heavy atom. The molecule has 19 heavy (non-hydrogen) atoms. The van der Waals surface area contributed by atoms with Crippen molar-refractivity contribution in [1.82, 2.24) is 0 Å². The largest absolute Gasteiger partial charge is 0.325 e. The van der Waals surface area contributed by atoms with E-state index in [1.165, 1.54) is 0 Å². The van der Waals surface area contributed by atoms with Crippen molar-refractivity contribution in [2.24, 2.45) is 0 Å². The molecule has 2 aromatic rings. The fourth-order valence-electron chi connectivity index (χ4n) is 1.69. The Labute approximate surface area is 116 Å². The normalized spacial score (nSPS) is 9.68.